The van der Waals surface area contributed by atoms with E-state index in [1.165, 1.54) is 53.3 Å². The maximum absolute atomic E-state index is 13.4. The van der Waals surface area contributed by atoms with Gasteiger partial charge in [-0.05, 0) is 23.8 Å². The zero-order valence-corrected chi connectivity index (χ0v) is 21.2. The van der Waals surface area contributed by atoms with Crippen molar-refractivity contribution in [3.63, 3.8) is 0 Å². The second kappa shape index (κ2) is 9.33. The molecule has 4 heterocycles. The number of amides is 1. The number of rotatable bonds is 7. The molecule has 0 N–H and O–H groups in total. The number of thioether (sulfide) groups is 1. The first kappa shape index (κ1) is 24.5. The van der Waals surface area contributed by atoms with Crippen LogP contribution in [0.4, 0.5) is 5.69 Å². The minimum absolute atomic E-state index is 0.0612. The molecule has 1 saturated heterocycles. The molecule has 3 aliphatic heterocycles. The van der Waals surface area contributed by atoms with E-state index in [0.717, 1.165) is 5.69 Å². The van der Waals surface area contributed by atoms with E-state index < -0.39 is 38.6 Å². The lowest BCUT2D eigenvalue weighted by Crippen LogP contribution is -2.70. The molecule has 1 amide bonds. The van der Waals surface area contributed by atoms with Crippen LogP contribution in [0, 0.1) is 10.1 Å². The molecule has 0 spiro atoms. The van der Waals surface area contributed by atoms with Crippen LogP contribution in [0.2, 0.25) is 0 Å². The van der Waals surface area contributed by atoms with Crippen molar-refractivity contribution in [3.8, 4) is 0 Å². The van der Waals surface area contributed by atoms with Gasteiger partial charge >= 0.3 is 11.9 Å². The molecule has 0 saturated carbocycles. The lowest BCUT2D eigenvalue weighted by molar-refractivity contribution is -0.384. The minimum Gasteiger partial charge on any atom is -0.456 e. The van der Waals surface area contributed by atoms with Gasteiger partial charge < -0.3 is 14.2 Å². The van der Waals surface area contributed by atoms with E-state index >= 15 is 0 Å². The fraction of sp³-hybridized carbons (Fsp3) is 0.364. The van der Waals surface area contributed by atoms with E-state index in [1.807, 2.05) is 0 Å². The molecule has 12 nitrogen and oxygen atoms in total. The molecule has 1 aromatic heterocycles. The molecule has 188 valence electrons. The fourth-order valence-corrected chi connectivity index (χ4v) is 6.46. The number of fused-ring (bicyclic) bond motifs is 2. The van der Waals surface area contributed by atoms with E-state index in [1.54, 1.807) is 10.7 Å². The third-order valence-corrected chi connectivity index (χ3v) is 8.64. The van der Waals surface area contributed by atoms with Crippen LogP contribution in [-0.4, -0.2) is 53.8 Å². The fourth-order valence-electron chi connectivity index (χ4n) is 4.20. The van der Waals surface area contributed by atoms with Crippen molar-refractivity contribution < 1.29 is 33.5 Å². The summed E-state index contributed by atoms with van der Waals surface area (Å²) >= 11 is 4.75. The molecule has 3 aliphatic rings. The Bertz CT molecular complexity index is 1270. The highest BCUT2D eigenvalue weighted by molar-refractivity contribution is 9.10. The van der Waals surface area contributed by atoms with Crippen LogP contribution in [0.5, 0.6) is 0 Å². The maximum atomic E-state index is 13.4. The van der Waals surface area contributed by atoms with Crippen LogP contribution in [0.1, 0.15) is 30.0 Å². The van der Waals surface area contributed by atoms with Gasteiger partial charge in [0.2, 0.25) is 0 Å². The normalized spacial score (nSPS) is 23.2. The topological polar surface area (TPSA) is 143 Å². The molecule has 0 radical (unpaired) electrons. The molecule has 0 aliphatic carbocycles. The monoisotopic (exact) mass is 578 g/mol. The number of alkyl halides is 1. The van der Waals surface area contributed by atoms with Crippen LogP contribution >= 0.6 is 27.7 Å². The number of carbonyl (C=O) groups is 3. The molecule has 3 atom stereocenters. The van der Waals surface area contributed by atoms with E-state index in [4.69, 9.17) is 14.2 Å². The predicted molar refractivity (Wildman–Crippen MR) is 127 cm³/mol. The van der Waals surface area contributed by atoms with Gasteiger partial charge in [0.15, 0.2) is 10.4 Å². The number of β-lactam (4-membered cyclic amide) rings is 1. The van der Waals surface area contributed by atoms with Gasteiger partial charge in [0.25, 0.3) is 11.6 Å². The Kier molecular flexibility index (Phi) is 6.34. The second-order valence-corrected chi connectivity index (χ2v) is 10.5. The van der Waals surface area contributed by atoms with Gasteiger partial charge in [0.05, 0.1) is 30.4 Å². The van der Waals surface area contributed by atoms with Crippen molar-refractivity contribution >= 4 is 51.2 Å². The third-order valence-electron chi connectivity index (χ3n) is 5.95. The van der Waals surface area contributed by atoms with Crippen molar-refractivity contribution in [2.24, 2.45) is 0 Å². The molecule has 1 fully saturated rings. The van der Waals surface area contributed by atoms with Crippen LogP contribution in [0.3, 0.4) is 0 Å². The number of benzene rings is 1. The van der Waals surface area contributed by atoms with E-state index in [0.29, 0.717) is 31.0 Å². The molecular weight excluding hydrogens is 560 g/mol. The van der Waals surface area contributed by atoms with Gasteiger partial charge in [0.1, 0.15) is 23.4 Å². The Labute approximate surface area is 216 Å². The summed E-state index contributed by atoms with van der Waals surface area (Å²) in [6.07, 6.45) is -1.03. The second-order valence-electron chi connectivity index (χ2n) is 8.26. The summed E-state index contributed by atoms with van der Waals surface area (Å²) in [5.74, 6) is -1.76. The first-order valence-electron chi connectivity index (χ1n) is 10.8. The Balaban J connectivity index is 1.30. The number of halogens is 1. The summed E-state index contributed by atoms with van der Waals surface area (Å²) in [6.45, 7) is 2.54. The average Bonchev–Trinajstić information content (AvgIpc) is 3.48. The first-order valence-corrected chi connectivity index (χ1v) is 12.5. The summed E-state index contributed by atoms with van der Waals surface area (Å²) in [7, 11) is 0. The van der Waals surface area contributed by atoms with Crippen LogP contribution in [0.15, 0.2) is 41.4 Å². The summed E-state index contributed by atoms with van der Waals surface area (Å²) < 4.78 is 16.8. The summed E-state index contributed by atoms with van der Waals surface area (Å²) in [4.78, 5) is 49.7. The van der Waals surface area contributed by atoms with Crippen molar-refractivity contribution in [1.29, 1.82) is 0 Å². The van der Waals surface area contributed by atoms with Crippen LogP contribution < -0.4 is 0 Å². The number of nitro groups is 1. The number of nitrogens with zero attached hydrogens (tertiary/aromatic N) is 4. The number of non-ortho nitro benzene ring substituents is 1. The smallest absolute Gasteiger partial charge is 0.355 e. The number of hydrogen-bond donors (Lipinski definition) is 0. The van der Waals surface area contributed by atoms with Gasteiger partial charge in [-0.15, -0.1) is 11.8 Å². The van der Waals surface area contributed by atoms with Crippen molar-refractivity contribution in [1.82, 2.24) is 14.7 Å². The highest BCUT2D eigenvalue weighted by atomic mass is 79.9. The summed E-state index contributed by atoms with van der Waals surface area (Å²) in [5.41, 5.74) is 1.76. The van der Waals surface area contributed by atoms with Crippen molar-refractivity contribution in [2.45, 2.75) is 42.5 Å². The van der Waals surface area contributed by atoms with Crippen LogP contribution in [-0.2, 0) is 48.4 Å². The SMILES string of the molecule is CC(=O)OC(c1cc2n(n1)CCOC2)C1(Br)C(=O)N2C(C(=O)OCc3ccc([N+](=O)[O-])cc3)=CS[C@@H]21. The van der Waals surface area contributed by atoms with Gasteiger partial charge in [-0.2, -0.15) is 5.10 Å². The minimum atomic E-state index is -1.34. The molecule has 36 heavy (non-hydrogen) atoms. The van der Waals surface area contributed by atoms with E-state index in [9.17, 15) is 24.5 Å². The van der Waals surface area contributed by atoms with Gasteiger partial charge in [-0.1, -0.05) is 15.9 Å². The molecule has 1 aromatic carbocycles. The third kappa shape index (κ3) is 4.08. The van der Waals surface area contributed by atoms with Gasteiger partial charge in [-0.3, -0.25) is 29.3 Å². The Morgan fingerprint density at radius 3 is 2.81 bits per heavy atom. The summed E-state index contributed by atoms with van der Waals surface area (Å²) in [5, 5.41) is 16.3. The predicted octanol–water partition coefficient (Wildman–Crippen LogP) is 2.56. The number of hydrogen-bond acceptors (Lipinski definition) is 10. The molecule has 14 heteroatoms. The maximum Gasteiger partial charge on any atom is 0.355 e. The van der Waals surface area contributed by atoms with Gasteiger partial charge in [0, 0.05) is 24.5 Å². The Hall–Kier alpha value is -3.23. The quantitative estimate of drug-likeness (QED) is 0.158. The van der Waals surface area contributed by atoms with Gasteiger partial charge in [-0.25, -0.2) is 4.79 Å². The molecule has 0 bridgehead atoms. The van der Waals surface area contributed by atoms with E-state index in [-0.39, 0.29) is 18.0 Å². The standard InChI is InChI=1S/C22H19BrN4O8S/c1-12(28)35-18(16-8-15-10-33-7-6-25(15)24-16)22(23)20(30)26-17(11-36-21(22)26)19(29)34-9-13-2-4-14(5-3-13)27(31)32/h2-5,8,11,18,21H,6-7,9-10H2,1H3/t18?,21-,22?/m1/s1. The Morgan fingerprint density at radius 2 is 2.14 bits per heavy atom. The zero-order valence-electron chi connectivity index (χ0n) is 18.8. The van der Waals surface area contributed by atoms with Crippen molar-refractivity contribution in [2.75, 3.05) is 6.61 Å². The lowest BCUT2D eigenvalue weighted by Gasteiger charge is -2.51. The highest BCUT2D eigenvalue weighted by Crippen LogP contribution is 2.58. The highest BCUT2D eigenvalue weighted by Gasteiger charge is 2.69. The molecule has 5 rings (SSSR count). The average molecular weight is 579 g/mol. The largest absolute Gasteiger partial charge is 0.456 e. The molecule has 2 aromatic rings. The first-order chi connectivity index (χ1) is 17.2. The number of esters is 2. The molecule has 2 unspecified atom stereocenters. The summed E-state index contributed by atoms with van der Waals surface area (Å²) in [6, 6.07) is 7.36. The lowest BCUT2D eigenvalue weighted by atomic mass is 9.88. The number of carbonyl (C=O) groups excluding carboxylic acids is 3. The number of nitro benzene ring substituents is 1. The Morgan fingerprint density at radius 1 is 1.39 bits per heavy atom. The number of ether oxygens (including phenoxy) is 3. The van der Waals surface area contributed by atoms with E-state index in [2.05, 4.69) is 21.0 Å². The van der Waals surface area contributed by atoms with Crippen LogP contribution in [0.25, 0.3) is 0 Å². The molecular formula is C22H19BrN4O8S. The zero-order chi connectivity index (χ0) is 25.6. The number of aromatic nitrogens is 2. The van der Waals surface area contributed by atoms with Crippen molar-refractivity contribution in [3.05, 3.63) is 68.5 Å².